The summed E-state index contributed by atoms with van der Waals surface area (Å²) in [6, 6.07) is 12.9. The zero-order valence-corrected chi connectivity index (χ0v) is 15.9. The van der Waals surface area contributed by atoms with E-state index in [0.717, 1.165) is 22.0 Å². The van der Waals surface area contributed by atoms with Crippen molar-refractivity contribution in [1.82, 2.24) is 15.1 Å². The molecular formula is C22H19FN4O2. The van der Waals surface area contributed by atoms with Gasteiger partial charge in [0, 0.05) is 36.0 Å². The van der Waals surface area contributed by atoms with Gasteiger partial charge < -0.3 is 14.4 Å². The average Bonchev–Trinajstić information content (AvgIpc) is 3.42. The number of para-hydroxylation sites is 1. The highest BCUT2D eigenvalue weighted by Gasteiger charge is 2.35. The monoisotopic (exact) mass is 390 g/mol. The Bertz CT molecular complexity index is 1210. The highest BCUT2D eigenvalue weighted by molar-refractivity contribution is 5.96. The van der Waals surface area contributed by atoms with Gasteiger partial charge in [0.05, 0.1) is 12.1 Å². The highest BCUT2D eigenvalue weighted by atomic mass is 19.1. The quantitative estimate of drug-likeness (QED) is 0.569. The second-order valence-electron chi connectivity index (χ2n) is 7.44. The third-order valence-electron chi connectivity index (χ3n) is 5.38. The fraction of sp³-hybridized carbons (Fsp3) is 0.227. The van der Waals surface area contributed by atoms with Crippen LogP contribution in [0.5, 0.6) is 0 Å². The van der Waals surface area contributed by atoms with Crippen LogP contribution in [0.4, 0.5) is 10.1 Å². The van der Waals surface area contributed by atoms with E-state index in [2.05, 4.69) is 15.1 Å². The molecule has 0 saturated carbocycles. The SMILES string of the molecule is Cc1ccc(N2CC(c3noc(Cc4c[nH]c5ccccc45)n3)CC2=O)c(F)c1. The number of carbonyl (C=O) groups excluding carboxylic acids is 1. The summed E-state index contributed by atoms with van der Waals surface area (Å²) < 4.78 is 19.7. The lowest BCUT2D eigenvalue weighted by molar-refractivity contribution is -0.117. The summed E-state index contributed by atoms with van der Waals surface area (Å²) >= 11 is 0. The minimum Gasteiger partial charge on any atom is -0.361 e. The summed E-state index contributed by atoms with van der Waals surface area (Å²) in [6.07, 6.45) is 2.68. The van der Waals surface area contributed by atoms with Gasteiger partial charge in [-0.2, -0.15) is 4.98 Å². The molecule has 1 atom stereocenters. The number of benzene rings is 2. The van der Waals surface area contributed by atoms with Crippen molar-refractivity contribution in [3.63, 3.8) is 0 Å². The minimum atomic E-state index is -0.396. The molecule has 2 aromatic heterocycles. The number of nitrogens with zero attached hydrogens (tertiary/aromatic N) is 3. The van der Waals surface area contributed by atoms with E-state index in [9.17, 15) is 9.18 Å². The van der Waals surface area contributed by atoms with Crippen LogP contribution in [0.15, 0.2) is 53.2 Å². The molecule has 29 heavy (non-hydrogen) atoms. The van der Waals surface area contributed by atoms with Crippen LogP contribution in [-0.2, 0) is 11.2 Å². The van der Waals surface area contributed by atoms with E-state index >= 15 is 0 Å². The number of fused-ring (bicyclic) bond motifs is 1. The van der Waals surface area contributed by atoms with Gasteiger partial charge in [-0.05, 0) is 36.2 Å². The van der Waals surface area contributed by atoms with Crippen molar-refractivity contribution in [3.05, 3.63) is 77.3 Å². The molecule has 0 bridgehead atoms. The number of anilines is 1. The molecule has 5 rings (SSSR count). The molecule has 6 nitrogen and oxygen atoms in total. The molecule has 1 aliphatic heterocycles. The number of rotatable bonds is 4. The second kappa shape index (κ2) is 6.84. The number of nitrogens with one attached hydrogen (secondary N) is 1. The molecule has 1 fully saturated rings. The van der Waals surface area contributed by atoms with Crippen molar-refractivity contribution >= 4 is 22.5 Å². The molecule has 2 aromatic carbocycles. The Hall–Kier alpha value is -3.48. The van der Waals surface area contributed by atoms with Gasteiger partial charge in [0.25, 0.3) is 0 Å². The van der Waals surface area contributed by atoms with E-state index < -0.39 is 5.82 Å². The van der Waals surface area contributed by atoms with Gasteiger partial charge in [0.15, 0.2) is 5.82 Å². The predicted octanol–water partition coefficient (Wildman–Crippen LogP) is 4.11. The fourth-order valence-corrected chi connectivity index (χ4v) is 3.89. The normalized spacial score (nSPS) is 16.8. The number of aryl methyl sites for hydroxylation is 1. The van der Waals surface area contributed by atoms with Crippen LogP contribution in [0, 0.1) is 12.7 Å². The maximum atomic E-state index is 14.3. The number of carbonyl (C=O) groups is 1. The van der Waals surface area contributed by atoms with E-state index in [1.165, 1.54) is 11.0 Å². The van der Waals surface area contributed by atoms with Crippen molar-refractivity contribution in [2.45, 2.75) is 25.7 Å². The Morgan fingerprint density at radius 2 is 2.14 bits per heavy atom. The number of amides is 1. The molecule has 0 spiro atoms. The Kier molecular flexibility index (Phi) is 4.16. The van der Waals surface area contributed by atoms with Crippen molar-refractivity contribution in [2.24, 2.45) is 0 Å². The molecule has 146 valence electrons. The van der Waals surface area contributed by atoms with Gasteiger partial charge in [-0.15, -0.1) is 0 Å². The van der Waals surface area contributed by atoms with Crippen LogP contribution in [-0.4, -0.2) is 27.6 Å². The zero-order valence-electron chi connectivity index (χ0n) is 15.9. The van der Waals surface area contributed by atoms with Gasteiger partial charge in [-0.1, -0.05) is 29.4 Å². The number of hydrogen-bond donors (Lipinski definition) is 1. The van der Waals surface area contributed by atoms with Gasteiger partial charge in [0.2, 0.25) is 11.8 Å². The number of aromatic nitrogens is 3. The highest BCUT2D eigenvalue weighted by Crippen LogP contribution is 2.32. The maximum absolute atomic E-state index is 14.3. The van der Waals surface area contributed by atoms with Crippen LogP contribution in [0.1, 0.15) is 35.2 Å². The molecule has 1 unspecified atom stereocenters. The molecule has 0 aliphatic carbocycles. The van der Waals surface area contributed by atoms with Crippen LogP contribution >= 0.6 is 0 Å². The third-order valence-corrected chi connectivity index (χ3v) is 5.38. The Morgan fingerprint density at radius 3 is 3.00 bits per heavy atom. The van der Waals surface area contributed by atoms with E-state index in [-0.39, 0.29) is 18.2 Å². The number of halogens is 1. The van der Waals surface area contributed by atoms with Crippen molar-refractivity contribution in [2.75, 3.05) is 11.4 Å². The van der Waals surface area contributed by atoms with Gasteiger partial charge in [0.1, 0.15) is 5.82 Å². The summed E-state index contributed by atoms with van der Waals surface area (Å²) in [5.74, 6) is 0.233. The standard InChI is InChI=1S/C22H19FN4O2/c1-13-6-7-19(17(23)8-13)27-12-15(10-21(27)28)22-25-20(29-26-22)9-14-11-24-18-5-3-2-4-16(14)18/h2-8,11,15,24H,9-10,12H2,1H3. The van der Waals surface area contributed by atoms with Crippen LogP contribution in [0.2, 0.25) is 0 Å². The molecule has 3 heterocycles. The largest absolute Gasteiger partial charge is 0.361 e. The molecule has 1 N–H and O–H groups in total. The lowest BCUT2D eigenvalue weighted by Crippen LogP contribution is -2.25. The fourth-order valence-electron chi connectivity index (χ4n) is 3.89. The molecule has 7 heteroatoms. The lowest BCUT2D eigenvalue weighted by Gasteiger charge is -2.17. The zero-order chi connectivity index (χ0) is 20.0. The number of H-pyrrole nitrogens is 1. The van der Waals surface area contributed by atoms with E-state index in [0.29, 0.717) is 30.4 Å². The summed E-state index contributed by atoms with van der Waals surface area (Å²) in [6.45, 7) is 2.15. The van der Waals surface area contributed by atoms with E-state index in [1.54, 1.807) is 12.1 Å². The van der Waals surface area contributed by atoms with Crippen LogP contribution in [0.3, 0.4) is 0 Å². The first kappa shape index (κ1) is 17.6. The molecule has 1 amide bonds. The lowest BCUT2D eigenvalue weighted by atomic mass is 10.1. The number of hydrogen-bond acceptors (Lipinski definition) is 4. The molecule has 4 aromatic rings. The van der Waals surface area contributed by atoms with E-state index in [4.69, 9.17) is 4.52 Å². The Balaban J connectivity index is 1.35. The molecule has 1 saturated heterocycles. The topological polar surface area (TPSA) is 75.0 Å². The summed E-state index contributed by atoms with van der Waals surface area (Å²) in [4.78, 5) is 21.7. The van der Waals surface area contributed by atoms with Gasteiger partial charge in [-0.3, -0.25) is 4.79 Å². The van der Waals surface area contributed by atoms with Gasteiger partial charge >= 0.3 is 0 Å². The summed E-state index contributed by atoms with van der Waals surface area (Å²) in [7, 11) is 0. The first-order valence-electron chi connectivity index (χ1n) is 9.52. The van der Waals surface area contributed by atoms with Crippen molar-refractivity contribution in [1.29, 1.82) is 0 Å². The first-order chi connectivity index (χ1) is 14.1. The Labute approximate surface area is 166 Å². The molecule has 1 aliphatic rings. The average molecular weight is 390 g/mol. The van der Waals surface area contributed by atoms with Crippen LogP contribution < -0.4 is 4.90 Å². The van der Waals surface area contributed by atoms with Crippen molar-refractivity contribution in [3.8, 4) is 0 Å². The molecule has 0 radical (unpaired) electrons. The number of aromatic amines is 1. The van der Waals surface area contributed by atoms with Gasteiger partial charge in [-0.25, -0.2) is 4.39 Å². The summed E-state index contributed by atoms with van der Waals surface area (Å²) in [5, 5.41) is 5.20. The smallest absolute Gasteiger partial charge is 0.231 e. The van der Waals surface area contributed by atoms with E-state index in [1.807, 2.05) is 37.4 Å². The maximum Gasteiger partial charge on any atom is 0.231 e. The summed E-state index contributed by atoms with van der Waals surface area (Å²) in [5.41, 5.74) is 3.24. The predicted molar refractivity (Wildman–Crippen MR) is 106 cm³/mol. The first-order valence-corrected chi connectivity index (χ1v) is 9.52. The van der Waals surface area contributed by atoms with Crippen LogP contribution in [0.25, 0.3) is 10.9 Å². The second-order valence-corrected chi connectivity index (χ2v) is 7.44. The molecular weight excluding hydrogens is 371 g/mol. The van der Waals surface area contributed by atoms with Crippen molar-refractivity contribution < 1.29 is 13.7 Å². The Morgan fingerprint density at radius 1 is 1.28 bits per heavy atom. The third kappa shape index (κ3) is 3.18. The minimum absolute atomic E-state index is 0.138.